The van der Waals surface area contributed by atoms with E-state index < -0.39 is 6.10 Å². The first-order chi connectivity index (χ1) is 8.63. The van der Waals surface area contributed by atoms with Crippen molar-refractivity contribution in [1.29, 1.82) is 0 Å². The standard InChI is InChI=1S/C15H26O3/c1-4-6-8-14(9-7-5-2)10-11-15(12-16)18-13(3)17/h11,15-16H,4-9,12H2,1-3H3. The molecule has 0 aromatic carbocycles. The summed E-state index contributed by atoms with van der Waals surface area (Å²) in [6.07, 6.45) is 7.78. The number of unbranched alkanes of at least 4 members (excludes halogenated alkanes) is 2. The van der Waals surface area contributed by atoms with E-state index in [2.05, 4.69) is 19.6 Å². The average molecular weight is 254 g/mol. The molecule has 0 rings (SSSR count). The van der Waals surface area contributed by atoms with Gasteiger partial charge in [0.25, 0.3) is 0 Å². The highest BCUT2D eigenvalue weighted by Crippen LogP contribution is 2.13. The third kappa shape index (κ3) is 9.03. The van der Waals surface area contributed by atoms with Gasteiger partial charge in [0.15, 0.2) is 6.10 Å². The fourth-order valence-corrected chi connectivity index (χ4v) is 1.60. The third-order valence-corrected chi connectivity index (χ3v) is 2.63. The second-order valence-corrected chi connectivity index (χ2v) is 4.45. The van der Waals surface area contributed by atoms with Crippen LogP contribution in [0.3, 0.4) is 0 Å². The van der Waals surface area contributed by atoms with Crippen LogP contribution < -0.4 is 0 Å². The first-order valence-corrected chi connectivity index (χ1v) is 6.86. The van der Waals surface area contributed by atoms with Crippen LogP contribution in [0.1, 0.15) is 59.3 Å². The molecule has 1 unspecified atom stereocenters. The zero-order valence-electron chi connectivity index (χ0n) is 11.9. The van der Waals surface area contributed by atoms with Gasteiger partial charge in [0.05, 0.1) is 6.61 Å². The van der Waals surface area contributed by atoms with Crippen LogP contribution in [0.5, 0.6) is 0 Å². The van der Waals surface area contributed by atoms with Crippen molar-refractivity contribution in [3.05, 3.63) is 17.4 Å². The van der Waals surface area contributed by atoms with Crippen molar-refractivity contribution < 1.29 is 14.6 Å². The minimum atomic E-state index is -0.569. The van der Waals surface area contributed by atoms with E-state index in [-0.39, 0.29) is 12.6 Å². The Balaban J connectivity index is 4.58. The molecule has 18 heavy (non-hydrogen) atoms. The molecule has 0 fully saturated rings. The van der Waals surface area contributed by atoms with Crippen molar-refractivity contribution in [1.82, 2.24) is 0 Å². The smallest absolute Gasteiger partial charge is 0.303 e. The van der Waals surface area contributed by atoms with Gasteiger partial charge in [-0.25, -0.2) is 0 Å². The second-order valence-electron chi connectivity index (χ2n) is 4.45. The van der Waals surface area contributed by atoms with E-state index in [0.717, 1.165) is 38.5 Å². The van der Waals surface area contributed by atoms with E-state index in [1.165, 1.54) is 12.5 Å². The summed E-state index contributed by atoms with van der Waals surface area (Å²) in [5.41, 5.74) is 4.45. The Morgan fingerprint density at radius 2 is 1.83 bits per heavy atom. The Labute approximate surface area is 111 Å². The minimum absolute atomic E-state index is 0.193. The highest BCUT2D eigenvalue weighted by atomic mass is 16.5. The molecule has 0 bridgehead atoms. The third-order valence-electron chi connectivity index (χ3n) is 2.63. The lowest BCUT2D eigenvalue weighted by atomic mass is 10.0. The maximum atomic E-state index is 10.8. The number of hydrogen-bond acceptors (Lipinski definition) is 3. The molecule has 1 N–H and O–H groups in total. The zero-order chi connectivity index (χ0) is 13.8. The van der Waals surface area contributed by atoms with E-state index in [1.807, 2.05) is 0 Å². The Kier molecular flexibility index (Phi) is 10.4. The highest BCUT2D eigenvalue weighted by molar-refractivity contribution is 5.66. The summed E-state index contributed by atoms with van der Waals surface area (Å²) >= 11 is 0. The molecule has 0 aliphatic rings. The van der Waals surface area contributed by atoms with Crippen molar-refractivity contribution in [3.8, 4) is 0 Å². The van der Waals surface area contributed by atoms with Crippen LogP contribution in [0.4, 0.5) is 0 Å². The van der Waals surface area contributed by atoms with E-state index in [4.69, 9.17) is 9.84 Å². The van der Waals surface area contributed by atoms with Crippen LogP contribution in [-0.4, -0.2) is 23.8 Å². The largest absolute Gasteiger partial charge is 0.455 e. The fourth-order valence-electron chi connectivity index (χ4n) is 1.60. The zero-order valence-corrected chi connectivity index (χ0v) is 11.9. The molecule has 0 aliphatic carbocycles. The molecule has 0 aliphatic heterocycles. The van der Waals surface area contributed by atoms with Crippen LogP contribution in [0, 0.1) is 0 Å². The summed E-state index contributed by atoms with van der Waals surface area (Å²) in [6, 6.07) is 0. The van der Waals surface area contributed by atoms with E-state index in [1.54, 1.807) is 6.08 Å². The summed E-state index contributed by atoms with van der Waals surface area (Å²) in [5.74, 6) is -0.379. The maximum absolute atomic E-state index is 10.8. The van der Waals surface area contributed by atoms with Gasteiger partial charge in [0.1, 0.15) is 0 Å². The lowest BCUT2D eigenvalue weighted by Crippen LogP contribution is -2.17. The number of esters is 1. The Morgan fingerprint density at radius 1 is 1.28 bits per heavy atom. The molecular weight excluding hydrogens is 228 g/mol. The second kappa shape index (κ2) is 11.1. The number of aliphatic hydroxyl groups excluding tert-OH is 1. The number of ether oxygens (including phenoxy) is 1. The molecular formula is C15H26O3. The van der Waals surface area contributed by atoms with Crippen LogP contribution in [0.15, 0.2) is 17.4 Å². The molecule has 3 nitrogen and oxygen atoms in total. The summed E-state index contributed by atoms with van der Waals surface area (Å²) in [4.78, 5) is 10.8. The van der Waals surface area contributed by atoms with E-state index in [9.17, 15) is 4.79 Å². The molecule has 1 atom stereocenters. The van der Waals surface area contributed by atoms with Gasteiger partial charge in [0, 0.05) is 13.0 Å². The van der Waals surface area contributed by atoms with Gasteiger partial charge in [-0.15, -0.1) is 5.73 Å². The normalized spacial score (nSPS) is 11.6. The van der Waals surface area contributed by atoms with Crippen molar-refractivity contribution >= 4 is 5.97 Å². The maximum Gasteiger partial charge on any atom is 0.303 e. The number of carbonyl (C=O) groups excluding carboxylic acids is 1. The predicted molar refractivity (Wildman–Crippen MR) is 73.3 cm³/mol. The van der Waals surface area contributed by atoms with Gasteiger partial charge in [-0.05, 0) is 31.3 Å². The molecule has 0 saturated carbocycles. The lowest BCUT2D eigenvalue weighted by Gasteiger charge is -2.08. The number of rotatable bonds is 9. The van der Waals surface area contributed by atoms with E-state index in [0.29, 0.717) is 0 Å². The highest BCUT2D eigenvalue weighted by Gasteiger charge is 2.05. The van der Waals surface area contributed by atoms with Crippen molar-refractivity contribution in [3.63, 3.8) is 0 Å². The Bertz CT molecular complexity index is 278. The van der Waals surface area contributed by atoms with Gasteiger partial charge in [0.2, 0.25) is 0 Å². The molecule has 0 aromatic rings. The number of hydrogen-bond donors (Lipinski definition) is 1. The van der Waals surface area contributed by atoms with Gasteiger partial charge < -0.3 is 9.84 Å². The summed E-state index contributed by atoms with van der Waals surface area (Å²) in [6.45, 7) is 5.48. The first-order valence-electron chi connectivity index (χ1n) is 6.86. The fraction of sp³-hybridized carbons (Fsp3) is 0.733. The first kappa shape index (κ1) is 16.9. The monoisotopic (exact) mass is 254 g/mol. The molecule has 0 radical (unpaired) electrons. The SMILES string of the molecule is CCCCC(=C=CC(CO)OC(C)=O)CCCC. The molecule has 0 saturated heterocycles. The summed E-state index contributed by atoms with van der Waals surface area (Å²) in [5, 5.41) is 9.08. The Hall–Kier alpha value is -1.05. The van der Waals surface area contributed by atoms with Crippen LogP contribution >= 0.6 is 0 Å². The van der Waals surface area contributed by atoms with Crippen molar-refractivity contribution in [2.75, 3.05) is 6.61 Å². The Morgan fingerprint density at radius 3 is 2.22 bits per heavy atom. The average Bonchev–Trinajstić information content (AvgIpc) is 2.35. The predicted octanol–water partition coefficient (Wildman–Crippen LogP) is 3.37. The van der Waals surface area contributed by atoms with Gasteiger partial charge >= 0.3 is 5.97 Å². The van der Waals surface area contributed by atoms with Crippen molar-refractivity contribution in [2.45, 2.75) is 65.4 Å². The lowest BCUT2D eigenvalue weighted by molar-refractivity contribution is -0.145. The quantitative estimate of drug-likeness (QED) is 0.507. The number of carbonyl (C=O) groups is 1. The van der Waals surface area contributed by atoms with Gasteiger partial charge in [-0.1, -0.05) is 26.7 Å². The van der Waals surface area contributed by atoms with Gasteiger partial charge in [-0.3, -0.25) is 4.79 Å². The van der Waals surface area contributed by atoms with Crippen LogP contribution in [0.25, 0.3) is 0 Å². The molecule has 3 heteroatoms. The summed E-state index contributed by atoms with van der Waals surface area (Å²) < 4.78 is 4.94. The molecule has 0 spiro atoms. The van der Waals surface area contributed by atoms with E-state index >= 15 is 0 Å². The van der Waals surface area contributed by atoms with Crippen LogP contribution in [0.2, 0.25) is 0 Å². The number of aliphatic hydroxyl groups is 1. The molecule has 0 heterocycles. The molecule has 0 aromatic heterocycles. The van der Waals surface area contributed by atoms with Crippen molar-refractivity contribution in [2.24, 2.45) is 0 Å². The molecule has 104 valence electrons. The minimum Gasteiger partial charge on any atom is -0.455 e. The summed E-state index contributed by atoms with van der Waals surface area (Å²) in [7, 11) is 0. The molecule has 0 amide bonds. The topological polar surface area (TPSA) is 46.5 Å². The van der Waals surface area contributed by atoms with Gasteiger partial charge in [-0.2, -0.15) is 0 Å². The van der Waals surface area contributed by atoms with Crippen LogP contribution in [-0.2, 0) is 9.53 Å².